The number of piperidine rings is 1. The molecule has 0 aliphatic carbocycles. The summed E-state index contributed by atoms with van der Waals surface area (Å²) < 4.78 is 0. The molecule has 2 nitrogen and oxygen atoms in total. The average molecular weight is 169 g/mol. The molecule has 70 valence electrons. The van der Waals surface area contributed by atoms with E-state index in [0.717, 1.165) is 18.5 Å². The number of rotatable bonds is 4. The second kappa shape index (κ2) is 5.33. The van der Waals surface area contributed by atoms with Gasteiger partial charge in [-0.3, -0.25) is 0 Å². The van der Waals surface area contributed by atoms with Crippen LogP contribution < -0.4 is 0 Å². The molecular weight excluding hydrogens is 150 g/mol. The first-order chi connectivity index (χ1) is 5.83. The van der Waals surface area contributed by atoms with Gasteiger partial charge in [0.1, 0.15) is 0 Å². The highest BCUT2D eigenvalue weighted by molar-refractivity contribution is 4.94. The van der Waals surface area contributed by atoms with E-state index < -0.39 is 0 Å². The van der Waals surface area contributed by atoms with Gasteiger partial charge in [0.25, 0.3) is 0 Å². The maximum absolute atomic E-state index is 8.75. The molecule has 0 bridgehead atoms. The fourth-order valence-electron chi connectivity index (χ4n) is 1.58. The van der Waals surface area contributed by atoms with Gasteiger partial charge in [0.2, 0.25) is 0 Å². The van der Waals surface area contributed by atoms with Crippen molar-refractivity contribution in [2.24, 2.45) is 0 Å². The Bertz CT molecular complexity index is 139. The molecule has 1 rings (SSSR count). The highest BCUT2D eigenvalue weighted by Gasteiger charge is 2.09. The van der Waals surface area contributed by atoms with Gasteiger partial charge in [-0.25, -0.2) is 0 Å². The van der Waals surface area contributed by atoms with Gasteiger partial charge in [-0.15, -0.1) is 0 Å². The van der Waals surface area contributed by atoms with Crippen LogP contribution in [0.2, 0.25) is 0 Å². The van der Waals surface area contributed by atoms with E-state index in [-0.39, 0.29) is 6.61 Å². The van der Waals surface area contributed by atoms with Crippen molar-refractivity contribution in [2.45, 2.75) is 25.7 Å². The summed E-state index contributed by atoms with van der Waals surface area (Å²) in [6, 6.07) is 0. The summed E-state index contributed by atoms with van der Waals surface area (Å²) in [5.74, 6) is 0. The van der Waals surface area contributed by atoms with Crippen LogP contribution in [0, 0.1) is 0 Å². The lowest BCUT2D eigenvalue weighted by Gasteiger charge is -2.26. The van der Waals surface area contributed by atoms with E-state index in [4.69, 9.17) is 5.11 Å². The van der Waals surface area contributed by atoms with Crippen LogP contribution in [0.25, 0.3) is 0 Å². The lowest BCUT2D eigenvalue weighted by atomic mass is 10.1. The van der Waals surface area contributed by atoms with Gasteiger partial charge in [0, 0.05) is 6.54 Å². The molecule has 0 unspecified atom stereocenters. The smallest absolute Gasteiger partial charge is 0.0639 e. The summed E-state index contributed by atoms with van der Waals surface area (Å²) in [5, 5.41) is 8.75. The molecule has 0 aromatic carbocycles. The van der Waals surface area contributed by atoms with Crippen molar-refractivity contribution in [3.8, 4) is 0 Å². The first-order valence-corrected chi connectivity index (χ1v) is 4.83. The normalized spacial score (nSPS) is 19.4. The third-order valence-electron chi connectivity index (χ3n) is 2.45. The predicted molar refractivity (Wildman–Crippen MR) is 51.1 cm³/mol. The van der Waals surface area contributed by atoms with Gasteiger partial charge in [0.05, 0.1) is 6.61 Å². The Labute approximate surface area is 74.9 Å². The SMILES string of the molecule is C=C(CO)CCN1CCCCC1. The van der Waals surface area contributed by atoms with Gasteiger partial charge in [-0.1, -0.05) is 18.6 Å². The molecule has 0 saturated carbocycles. The highest BCUT2D eigenvalue weighted by atomic mass is 16.3. The third-order valence-corrected chi connectivity index (χ3v) is 2.45. The highest BCUT2D eigenvalue weighted by Crippen LogP contribution is 2.10. The maximum Gasteiger partial charge on any atom is 0.0639 e. The second-order valence-electron chi connectivity index (χ2n) is 3.56. The molecule has 0 atom stereocenters. The van der Waals surface area contributed by atoms with Crippen LogP contribution in [0.1, 0.15) is 25.7 Å². The van der Waals surface area contributed by atoms with Crippen molar-refractivity contribution in [3.05, 3.63) is 12.2 Å². The molecule has 0 aromatic heterocycles. The van der Waals surface area contributed by atoms with Crippen LogP contribution in [-0.2, 0) is 0 Å². The number of aliphatic hydroxyl groups excluding tert-OH is 1. The van der Waals surface area contributed by atoms with E-state index in [2.05, 4.69) is 11.5 Å². The van der Waals surface area contributed by atoms with Crippen molar-refractivity contribution < 1.29 is 5.11 Å². The molecule has 2 heteroatoms. The fourth-order valence-corrected chi connectivity index (χ4v) is 1.58. The number of hydrogen-bond donors (Lipinski definition) is 1. The molecule has 1 heterocycles. The van der Waals surface area contributed by atoms with Crippen LogP contribution in [0.15, 0.2) is 12.2 Å². The fraction of sp³-hybridized carbons (Fsp3) is 0.800. The van der Waals surface area contributed by atoms with Crippen LogP contribution >= 0.6 is 0 Å². The predicted octanol–water partition coefficient (Wildman–Crippen LogP) is 1.41. The molecule has 1 fully saturated rings. The van der Waals surface area contributed by atoms with Crippen LogP contribution in [0.4, 0.5) is 0 Å². The maximum atomic E-state index is 8.75. The minimum atomic E-state index is 0.147. The summed E-state index contributed by atoms with van der Waals surface area (Å²) in [6.07, 6.45) is 5.02. The molecule has 0 amide bonds. The second-order valence-corrected chi connectivity index (χ2v) is 3.56. The Morgan fingerprint density at radius 2 is 1.92 bits per heavy atom. The Hall–Kier alpha value is -0.340. The lowest BCUT2D eigenvalue weighted by Crippen LogP contribution is -2.30. The number of likely N-dealkylation sites (tertiary alicyclic amines) is 1. The summed E-state index contributed by atoms with van der Waals surface area (Å²) >= 11 is 0. The average Bonchev–Trinajstić information content (AvgIpc) is 2.16. The van der Waals surface area contributed by atoms with E-state index >= 15 is 0 Å². The van der Waals surface area contributed by atoms with Gasteiger partial charge < -0.3 is 10.0 Å². The van der Waals surface area contributed by atoms with Crippen molar-refractivity contribution in [1.82, 2.24) is 4.90 Å². The topological polar surface area (TPSA) is 23.5 Å². The van der Waals surface area contributed by atoms with Crippen LogP contribution in [0.5, 0.6) is 0 Å². The number of hydrogen-bond acceptors (Lipinski definition) is 2. The minimum absolute atomic E-state index is 0.147. The minimum Gasteiger partial charge on any atom is -0.392 e. The molecule has 1 N–H and O–H groups in total. The van der Waals surface area contributed by atoms with E-state index in [9.17, 15) is 0 Å². The lowest BCUT2D eigenvalue weighted by molar-refractivity contribution is 0.227. The molecule has 12 heavy (non-hydrogen) atoms. The van der Waals surface area contributed by atoms with Crippen LogP contribution in [0.3, 0.4) is 0 Å². The molecule has 1 saturated heterocycles. The van der Waals surface area contributed by atoms with Gasteiger partial charge in [0.15, 0.2) is 0 Å². The van der Waals surface area contributed by atoms with Gasteiger partial charge >= 0.3 is 0 Å². The van der Waals surface area contributed by atoms with Gasteiger partial charge in [-0.05, 0) is 32.4 Å². The van der Waals surface area contributed by atoms with Crippen molar-refractivity contribution in [3.63, 3.8) is 0 Å². The van der Waals surface area contributed by atoms with Crippen molar-refractivity contribution in [2.75, 3.05) is 26.2 Å². The first-order valence-electron chi connectivity index (χ1n) is 4.83. The standard InChI is InChI=1S/C10H19NO/c1-10(9-12)5-8-11-6-3-2-4-7-11/h12H,1-9H2. The largest absolute Gasteiger partial charge is 0.392 e. The molecule has 0 spiro atoms. The summed E-state index contributed by atoms with van der Waals surface area (Å²) in [5.41, 5.74) is 0.959. The first kappa shape index (κ1) is 9.75. The van der Waals surface area contributed by atoms with Crippen molar-refractivity contribution >= 4 is 0 Å². The Morgan fingerprint density at radius 1 is 1.25 bits per heavy atom. The van der Waals surface area contributed by atoms with E-state index in [1.165, 1.54) is 32.4 Å². The van der Waals surface area contributed by atoms with Crippen LogP contribution in [-0.4, -0.2) is 36.2 Å². The molecule has 0 aromatic rings. The zero-order valence-electron chi connectivity index (χ0n) is 7.76. The summed E-state index contributed by atoms with van der Waals surface area (Å²) in [7, 11) is 0. The third kappa shape index (κ3) is 3.37. The summed E-state index contributed by atoms with van der Waals surface area (Å²) in [6.45, 7) is 7.48. The van der Waals surface area contributed by atoms with Gasteiger partial charge in [-0.2, -0.15) is 0 Å². The Balaban J connectivity index is 2.09. The van der Waals surface area contributed by atoms with E-state index in [1.54, 1.807) is 0 Å². The zero-order chi connectivity index (χ0) is 8.81. The van der Waals surface area contributed by atoms with E-state index in [0.29, 0.717) is 0 Å². The quantitative estimate of drug-likeness (QED) is 0.643. The summed E-state index contributed by atoms with van der Waals surface area (Å²) in [4.78, 5) is 2.46. The van der Waals surface area contributed by atoms with E-state index in [1.807, 2.05) is 0 Å². The van der Waals surface area contributed by atoms with Crippen molar-refractivity contribution in [1.29, 1.82) is 0 Å². The molecular formula is C10H19NO. The Kier molecular flexibility index (Phi) is 4.33. The monoisotopic (exact) mass is 169 g/mol. The zero-order valence-corrected chi connectivity index (χ0v) is 7.76. The molecule has 0 radical (unpaired) electrons. The molecule has 1 aliphatic heterocycles. The number of aliphatic hydroxyl groups is 1. The molecule has 1 aliphatic rings. The Morgan fingerprint density at radius 3 is 2.50 bits per heavy atom. The number of nitrogens with zero attached hydrogens (tertiary/aromatic N) is 1.